The van der Waals surface area contributed by atoms with Gasteiger partial charge in [-0.05, 0) is 93.3 Å². The van der Waals surface area contributed by atoms with E-state index in [0.29, 0.717) is 11.5 Å². The Bertz CT molecular complexity index is 4280. The smallest absolute Gasteiger partial charge is 0.162 e. The molecule has 10 aromatic carbocycles. The lowest BCUT2D eigenvalue weighted by molar-refractivity contribution is 0.669. The number of para-hydroxylation sites is 1. The van der Waals surface area contributed by atoms with E-state index in [1.165, 1.54) is 20.9 Å². The van der Waals surface area contributed by atoms with E-state index in [2.05, 4.69) is 205 Å². The number of benzene rings is 10. The average molecular weight is 862 g/mol. The molecule has 0 aliphatic carbocycles. The Hall–Kier alpha value is -8.38. The standard InChI is InChI=1S/C61H39N3OS/c1-36(2)58(47-26-14-21-38-16-8-9-22-44(38)47)63-61(62-37(3)43-25-15-27-48-46-24-11-13-29-56(46)66-60(43)48)49-30-31-54-57(51-33-40-18-5-7-20-42(40)35-55(51)65-54)59(49)64-52-28-12-10-23-45(52)50-32-39-17-4-6-19-41(39)34-53(50)64/h4-35H,1,3H2,2H3/b62-61-,63-58+. The first kappa shape index (κ1) is 38.1. The Kier molecular flexibility index (Phi) is 8.57. The molecular weight excluding hydrogens is 823 g/mol. The minimum absolute atomic E-state index is 0.516. The van der Waals surface area contributed by atoms with Gasteiger partial charge in [-0.1, -0.05) is 159 Å². The average Bonchev–Trinajstić information content (AvgIpc) is 4.02. The summed E-state index contributed by atoms with van der Waals surface area (Å²) < 4.78 is 11.7. The second-order valence-corrected chi connectivity index (χ2v) is 18.2. The van der Waals surface area contributed by atoms with Crippen LogP contribution in [0, 0.1) is 0 Å². The van der Waals surface area contributed by atoms with Gasteiger partial charge in [0.05, 0.1) is 33.5 Å². The lowest BCUT2D eigenvalue weighted by Gasteiger charge is -2.18. The lowest BCUT2D eigenvalue weighted by atomic mass is 9.97. The van der Waals surface area contributed by atoms with Crippen LogP contribution in [0.1, 0.15) is 23.6 Å². The molecule has 0 saturated heterocycles. The minimum Gasteiger partial charge on any atom is -0.456 e. The third-order valence-corrected chi connectivity index (χ3v) is 14.3. The number of thiophene rings is 1. The summed E-state index contributed by atoms with van der Waals surface area (Å²) in [6, 6.07) is 68.9. The highest BCUT2D eigenvalue weighted by molar-refractivity contribution is 7.26. The van der Waals surface area contributed by atoms with Crippen LogP contribution in [-0.2, 0) is 0 Å². The van der Waals surface area contributed by atoms with Gasteiger partial charge >= 0.3 is 0 Å². The van der Waals surface area contributed by atoms with Gasteiger partial charge in [0.1, 0.15) is 11.2 Å². The number of hydrogen-bond donors (Lipinski definition) is 0. The van der Waals surface area contributed by atoms with Crippen LogP contribution in [0.3, 0.4) is 0 Å². The van der Waals surface area contributed by atoms with Crippen molar-refractivity contribution in [2.45, 2.75) is 6.92 Å². The first-order valence-electron chi connectivity index (χ1n) is 22.2. The van der Waals surface area contributed by atoms with Gasteiger partial charge in [0.15, 0.2) is 5.84 Å². The monoisotopic (exact) mass is 861 g/mol. The molecule has 5 heteroatoms. The first-order valence-corrected chi connectivity index (χ1v) is 23.0. The Labute approximate surface area is 384 Å². The topological polar surface area (TPSA) is 42.8 Å². The Morgan fingerprint density at radius 1 is 0.470 bits per heavy atom. The normalized spacial score (nSPS) is 12.6. The number of aliphatic imine (C=N–C) groups is 2. The molecule has 310 valence electrons. The summed E-state index contributed by atoms with van der Waals surface area (Å²) >= 11 is 1.77. The highest BCUT2D eigenvalue weighted by atomic mass is 32.1. The molecule has 0 radical (unpaired) electrons. The number of rotatable bonds is 6. The maximum atomic E-state index is 6.87. The van der Waals surface area contributed by atoms with Crippen LogP contribution in [-0.4, -0.2) is 16.1 Å². The van der Waals surface area contributed by atoms with E-state index in [9.17, 15) is 0 Å². The first-order chi connectivity index (χ1) is 32.5. The fraction of sp³-hybridized carbons (Fsp3) is 0.0164. The zero-order valence-electron chi connectivity index (χ0n) is 36.0. The van der Waals surface area contributed by atoms with Gasteiger partial charge in [-0.15, -0.1) is 11.3 Å². The molecule has 0 amide bonds. The Morgan fingerprint density at radius 2 is 1.08 bits per heavy atom. The lowest BCUT2D eigenvalue weighted by Crippen LogP contribution is -2.12. The van der Waals surface area contributed by atoms with Gasteiger partial charge in [0.25, 0.3) is 0 Å². The fourth-order valence-corrected chi connectivity index (χ4v) is 11.3. The van der Waals surface area contributed by atoms with E-state index < -0.39 is 0 Å². The van der Waals surface area contributed by atoms with Gasteiger partial charge < -0.3 is 8.98 Å². The molecule has 66 heavy (non-hydrogen) atoms. The minimum atomic E-state index is 0.516. The Morgan fingerprint density at radius 3 is 1.86 bits per heavy atom. The summed E-state index contributed by atoms with van der Waals surface area (Å²) in [5, 5.41) is 13.5. The van der Waals surface area contributed by atoms with Crippen LogP contribution in [0.25, 0.3) is 108 Å². The summed E-state index contributed by atoms with van der Waals surface area (Å²) in [5.41, 5.74) is 9.63. The van der Waals surface area contributed by atoms with Crippen molar-refractivity contribution in [2.24, 2.45) is 9.98 Å². The molecule has 0 spiro atoms. The molecule has 0 N–H and O–H groups in total. The van der Waals surface area contributed by atoms with E-state index in [1.54, 1.807) is 11.3 Å². The molecule has 4 nitrogen and oxygen atoms in total. The second kappa shape index (κ2) is 14.8. The fourth-order valence-electron chi connectivity index (χ4n) is 10.1. The predicted molar refractivity (Wildman–Crippen MR) is 283 cm³/mol. The highest BCUT2D eigenvalue weighted by Gasteiger charge is 2.25. The van der Waals surface area contributed by atoms with E-state index in [-0.39, 0.29) is 0 Å². The summed E-state index contributed by atoms with van der Waals surface area (Å²) in [4.78, 5) is 11.3. The second-order valence-electron chi connectivity index (χ2n) is 17.1. The summed E-state index contributed by atoms with van der Waals surface area (Å²) in [7, 11) is 0. The largest absolute Gasteiger partial charge is 0.456 e. The van der Waals surface area contributed by atoms with E-state index in [4.69, 9.17) is 21.0 Å². The Balaban J connectivity index is 1.19. The molecule has 0 atom stereocenters. The molecule has 0 aliphatic rings. The number of hydrogen-bond acceptors (Lipinski definition) is 3. The van der Waals surface area contributed by atoms with Crippen molar-refractivity contribution in [3.63, 3.8) is 0 Å². The van der Waals surface area contributed by atoms with Crippen molar-refractivity contribution in [3.8, 4) is 5.69 Å². The molecule has 0 aliphatic heterocycles. The molecule has 13 rings (SSSR count). The van der Waals surface area contributed by atoms with Crippen LogP contribution in [0.15, 0.2) is 227 Å². The highest BCUT2D eigenvalue weighted by Crippen LogP contribution is 2.44. The van der Waals surface area contributed by atoms with Gasteiger partial charge in [0, 0.05) is 53.0 Å². The van der Waals surface area contributed by atoms with Gasteiger partial charge in [0.2, 0.25) is 0 Å². The number of amidine groups is 1. The van der Waals surface area contributed by atoms with Crippen molar-refractivity contribution in [3.05, 3.63) is 230 Å². The van der Waals surface area contributed by atoms with Crippen LogP contribution in [0.2, 0.25) is 0 Å². The van der Waals surface area contributed by atoms with Crippen molar-refractivity contribution < 1.29 is 4.42 Å². The van der Waals surface area contributed by atoms with Crippen molar-refractivity contribution >= 4 is 125 Å². The maximum Gasteiger partial charge on any atom is 0.162 e. The van der Waals surface area contributed by atoms with Gasteiger partial charge in [-0.3, -0.25) is 0 Å². The van der Waals surface area contributed by atoms with Crippen molar-refractivity contribution in [1.29, 1.82) is 0 Å². The third kappa shape index (κ3) is 5.91. The predicted octanol–water partition coefficient (Wildman–Crippen LogP) is 17.0. The zero-order valence-corrected chi connectivity index (χ0v) is 36.9. The van der Waals surface area contributed by atoms with Crippen LogP contribution in [0.4, 0.5) is 0 Å². The number of allylic oxidation sites excluding steroid dienone is 1. The quantitative estimate of drug-likeness (QED) is 0.121. The van der Waals surface area contributed by atoms with Crippen molar-refractivity contribution in [2.75, 3.05) is 0 Å². The number of aromatic nitrogens is 1. The molecule has 0 saturated carbocycles. The summed E-state index contributed by atoms with van der Waals surface area (Å²) in [6.07, 6.45) is 0. The number of fused-ring (bicyclic) bond motifs is 12. The SMILES string of the molecule is C=C(C)/C(=N\C(=N/C(=C)c1cccc2c1sc1ccccc12)c1ccc2oc3cc4ccccc4cc3c2c1-n1c2ccccc2c2cc3ccccc3cc21)c1cccc2ccccc12. The van der Waals surface area contributed by atoms with E-state index in [0.717, 1.165) is 109 Å². The molecule has 0 bridgehead atoms. The summed E-state index contributed by atoms with van der Waals surface area (Å²) in [6.45, 7) is 11.3. The molecule has 3 aromatic heterocycles. The van der Waals surface area contributed by atoms with Gasteiger partial charge in [-0.2, -0.15) is 0 Å². The molecular formula is C61H39N3OS. The number of furan rings is 1. The van der Waals surface area contributed by atoms with E-state index >= 15 is 0 Å². The third-order valence-electron chi connectivity index (χ3n) is 13.1. The molecule has 3 heterocycles. The van der Waals surface area contributed by atoms with Crippen LogP contribution >= 0.6 is 11.3 Å². The van der Waals surface area contributed by atoms with E-state index in [1.807, 2.05) is 6.92 Å². The summed E-state index contributed by atoms with van der Waals surface area (Å²) in [5.74, 6) is 0.516. The molecule has 0 unspecified atom stereocenters. The zero-order chi connectivity index (χ0) is 44.0. The molecule has 0 fully saturated rings. The molecule has 13 aromatic rings. The van der Waals surface area contributed by atoms with Gasteiger partial charge in [-0.25, -0.2) is 9.98 Å². The van der Waals surface area contributed by atoms with Crippen LogP contribution < -0.4 is 0 Å². The number of nitrogens with zero attached hydrogens (tertiary/aromatic N) is 3. The maximum absolute atomic E-state index is 6.87. The van der Waals surface area contributed by atoms with Crippen LogP contribution in [0.5, 0.6) is 0 Å². The van der Waals surface area contributed by atoms with Crippen molar-refractivity contribution in [1.82, 2.24) is 4.57 Å².